The number of methoxy groups -OCH3 is 1. The van der Waals surface area contributed by atoms with Gasteiger partial charge in [0.1, 0.15) is 11.3 Å². The summed E-state index contributed by atoms with van der Waals surface area (Å²) in [6.07, 6.45) is 0. The van der Waals surface area contributed by atoms with E-state index in [0.717, 1.165) is 29.7 Å². The normalized spacial score (nSPS) is 14.3. The monoisotopic (exact) mass is 400 g/mol. The van der Waals surface area contributed by atoms with E-state index in [2.05, 4.69) is 10.2 Å². The van der Waals surface area contributed by atoms with E-state index in [1.807, 2.05) is 25.1 Å². The molecule has 1 aliphatic rings. The van der Waals surface area contributed by atoms with Crippen molar-refractivity contribution in [1.29, 1.82) is 0 Å². The highest BCUT2D eigenvalue weighted by molar-refractivity contribution is 6.31. The molecule has 1 N–H and O–H groups in total. The predicted octanol–water partition coefficient (Wildman–Crippen LogP) is 4.49. The fourth-order valence-electron chi connectivity index (χ4n) is 3.41. The van der Waals surface area contributed by atoms with Crippen LogP contribution in [0.2, 0.25) is 5.02 Å². The molecule has 0 bridgehead atoms. The summed E-state index contributed by atoms with van der Waals surface area (Å²) < 4.78 is 16.5. The van der Waals surface area contributed by atoms with Crippen LogP contribution in [0.1, 0.15) is 16.1 Å². The quantitative estimate of drug-likeness (QED) is 0.699. The number of furan rings is 1. The van der Waals surface area contributed by atoms with Gasteiger partial charge in [-0.1, -0.05) is 11.6 Å². The zero-order valence-corrected chi connectivity index (χ0v) is 16.5. The number of morpholine rings is 1. The number of hydrogen-bond donors (Lipinski definition) is 1. The van der Waals surface area contributed by atoms with Crippen LogP contribution in [0.15, 0.2) is 40.8 Å². The molecule has 3 aromatic rings. The molecule has 1 fully saturated rings. The summed E-state index contributed by atoms with van der Waals surface area (Å²) >= 11 is 6.18. The first-order valence-electron chi connectivity index (χ1n) is 9.07. The third kappa shape index (κ3) is 3.53. The summed E-state index contributed by atoms with van der Waals surface area (Å²) in [5.41, 5.74) is 2.97. The molecule has 146 valence electrons. The van der Waals surface area contributed by atoms with Gasteiger partial charge in [0, 0.05) is 29.1 Å². The van der Waals surface area contributed by atoms with E-state index in [-0.39, 0.29) is 11.7 Å². The Morgan fingerprint density at radius 1 is 1.18 bits per heavy atom. The van der Waals surface area contributed by atoms with E-state index in [9.17, 15) is 4.79 Å². The van der Waals surface area contributed by atoms with E-state index in [1.54, 1.807) is 25.3 Å². The van der Waals surface area contributed by atoms with Crippen LogP contribution in [0.5, 0.6) is 5.75 Å². The third-order valence-corrected chi connectivity index (χ3v) is 5.14. The van der Waals surface area contributed by atoms with Gasteiger partial charge in [0.2, 0.25) is 0 Å². The number of fused-ring (bicyclic) bond motifs is 1. The topological polar surface area (TPSA) is 63.9 Å². The van der Waals surface area contributed by atoms with Gasteiger partial charge >= 0.3 is 0 Å². The number of halogens is 1. The lowest BCUT2D eigenvalue weighted by atomic mass is 10.1. The maximum Gasteiger partial charge on any atom is 0.291 e. The Bertz CT molecular complexity index is 1020. The standard InChI is InChI=1S/C21H21ClN2O4/c1-13-16-12-15(26-2)4-6-19(16)28-20(13)21(25)23-17-11-14(22)3-5-18(17)24-7-9-27-10-8-24/h3-6,11-12H,7-10H2,1-2H3,(H,23,25). The summed E-state index contributed by atoms with van der Waals surface area (Å²) in [7, 11) is 1.61. The Labute approximate surface area is 168 Å². The van der Waals surface area contributed by atoms with Gasteiger partial charge in [-0.05, 0) is 43.3 Å². The highest BCUT2D eigenvalue weighted by Gasteiger charge is 2.21. The molecule has 1 amide bonds. The Morgan fingerprint density at radius 2 is 1.96 bits per heavy atom. The van der Waals surface area contributed by atoms with E-state index in [0.29, 0.717) is 35.3 Å². The molecular weight excluding hydrogens is 380 g/mol. The van der Waals surface area contributed by atoms with Crippen LogP contribution in [0, 0.1) is 6.92 Å². The SMILES string of the molecule is COc1ccc2oc(C(=O)Nc3cc(Cl)ccc3N3CCOCC3)c(C)c2c1. The molecule has 2 aromatic carbocycles. The average molecular weight is 401 g/mol. The number of carbonyl (C=O) groups excluding carboxylic acids is 1. The largest absolute Gasteiger partial charge is 0.497 e. The minimum atomic E-state index is -0.315. The van der Waals surface area contributed by atoms with Gasteiger partial charge in [-0.3, -0.25) is 4.79 Å². The zero-order valence-electron chi connectivity index (χ0n) is 15.8. The average Bonchev–Trinajstić information content (AvgIpc) is 3.05. The van der Waals surface area contributed by atoms with E-state index < -0.39 is 0 Å². The first-order valence-corrected chi connectivity index (χ1v) is 9.45. The van der Waals surface area contributed by atoms with E-state index in [4.69, 9.17) is 25.5 Å². The van der Waals surface area contributed by atoms with Crippen molar-refractivity contribution in [3.8, 4) is 5.75 Å². The number of benzene rings is 2. The molecule has 1 aromatic heterocycles. The van der Waals surface area contributed by atoms with Gasteiger partial charge in [0.15, 0.2) is 5.76 Å². The molecule has 0 atom stereocenters. The molecule has 1 saturated heterocycles. The molecule has 0 spiro atoms. The fraction of sp³-hybridized carbons (Fsp3) is 0.286. The summed E-state index contributed by atoms with van der Waals surface area (Å²) in [4.78, 5) is 15.2. The smallest absolute Gasteiger partial charge is 0.291 e. The number of nitrogens with one attached hydrogen (secondary N) is 1. The minimum absolute atomic E-state index is 0.274. The summed E-state index contributed by atoms with van der Waals surface area (Å²) in [6, 6.07) is 11.0. The van der Waals surface area contributed by atoms with Gasteiger partial charge in [-0.15, -0.1) is 0 Å². The number of rotatable bonds is 4. The van der Waals surface area contributed by atoms with Crippen molar-refractivity contribution in [2.45, 2.75) is 6.92 Å². The van der Waals surface area contributed by atoms with Gasteiger partial charge in [-0.25, -0.2) is 0 Å². The first-order chi connectivity index (χ1) is 13.6. The third-order valence-electron chi connectivity index (χ3n) is 4.91. The van der Waals surface area contributed by atoms with Gasteiger partial charge in [0.05, 0.1) is 31.7 Å². The van der Waals surface area contributed by atoms with Crippen LogP contribution >= 0.6 is 11.6 Å². The fourth-order valence-corrected chi connectivity index (χ4v) is 3.58. The molecule has 7 heteroatoms. The van der Waals surface area contributed by atoms with Crippen LogP contribution in [0.25, 0.3) is 11.0 Å². The number of ether oxygens (including phenoxy) is 2. The van der Waals surface area contributed by atoms with Crippen molar-refractivity contribution in [3.63, 3.8) is 0 Å². The van der Waals surface area contributed by atoms with Crippen LogP contribution < -0.4 is 15.0 Å². The van der Waals surface area contributed by atoms with Crippen LogP contribution in [0.3, 0.4) is 0 Å². The van der Waals surface area contributed by atoms with Crippen LogP contribution in [0.4, 0.5) is 11.4 Å². The lowest BCUT2D eigenvalue weighted by Crippen LogP contribution is -2.36. The molecule has 0 aliphatic carbocycles. The summed E-state index contributed by atoms with van der Waals surface area (Å²) in [6.45, 7) is 4.68. The van der Waals surface area contributed by atoms with Crippen molar-refractivity contribution in [2.24, 2.45) is 0 Å². The Hall–Kier alpha value is -2.70. The number of amides is 1. The second-order valence-electron chi connectivity index (χ2n) is 6.63. The molecule has 1 aliphatic heterocycles. The highest BCUT2D eigenvalue weighted by atomic mass is 35.5. The van der Waals surface area contributed by atoms with Crippen molar-refractivity contribution < 1.29 is 18.7 Å². The molecule has 6 nitrogen and oxygen atoms in total. The van der Waals surface area contributed by atoms with Crippen molar-refractivity contribution in [1.82, 2.24) is 0 Å². The molecule has 2 heterocycles. The highest BCUT2D eigenvalue weighted by Crippen LogP contribution is 2.32. The lowest BCUT2D eigenvalue weighted by molar-refractivity contribution is 0.0998. The van der Waals surface area contributed by atoms with Crippen molar-refractivity contribution >= 4 is 39.9 Å². The number of hydrogen-bond acceptors (Lipinski definition) is 5. The van der Waals surface area contributed by atoms with Gasteiger partial charge in [-0.2, -0.15) is 0 Å². The molecule has 0 radical (unpaired) electrons. The predicted molar refractivity (Wildman–Crippen MR) is 110 cm³/mol. The van der Waals surface area contributed by atoms with Gasteiger partial charge < -0.3 is 24.1 Å². The van der Waals surface area contributed by atoms with Crippen molar-refractivity contribution in [3.05, 3.63) is 52.7 Å². The van der Waals surface area contributed by atoms with Crippen LogP contribution in [-0.4, -0.2) is 39.3 Å². The Kier molecular flexibility index (Phi) is 5.15. The lowest BCUT2D eigenvalue weighted by Gasteiger charge is -2.30. The molecule has 0 saturated carbocycles. The van der Waals surface area contributed by atoms with E-state index in [1.165, 1.54) is 0 Å². The van der Waals surface area contributed by atoms with E-state index >= 15 is 0 Å². The molecule has 28 heavy (non-hydrogen) atoms. The second-order valence-corrected chi connectivity index (χ2v) is 7.07. The van der Waals surface area contributed by atoms with Crippen molar-refractivity contribution in [2.75, 3.05) is 43.6 Å². The van der Waals surface area contributed by atoms with Gasteiger partial charge in [0.25, 0.3) is 5.91 Å². The molecule has 4 rings (SSSR count). The number of aryl methyl sites for hydroxylation is 1. The number of carbonyl (C=O) groups is 1. The number of anilines is 2. The number of nitrogens with zero attached hydrogens (tertiary/aromatic N) is 1. The zero-order chi connectivity index (χ0) is 19.7. The van der Waals surface area contributed by atoms with Crippen LogP contribution in [-0.2, 0) is 4.74 Å². The molecular formula is C21H21ClN2O4. The summed E-state index contributed by atoms with van der Waals surface area (Å²) in [5, 5.41) is 4.37. The molecule has 0 unspecified atom stereocenters. The summed E-state index contributed by atoms with van der Waals surface area (Å²) in [5.74, 6) is 0.674. The Balaban J connectivity index is 1.66. The Morgan fingerprint density at radius 3 is 2.71 bits per heavy atom. The minimum Gasteiger partial charge on any atom is -0.497 e. The maximum atomic E-state index is 13.0. The second kappa shape index (κ2) is 7.73. The maximum absolute atomic E-state index is 13.0. The first kappa shape index (κ1) is 18.7.